The highest BCUT2D eigenvalue weighted by atomic mass is 79.9. The van der Waals surface area contributed by atoms with Gasteiger partial charge in [0.15, 0.2) is 0 Å². The van der Waals surface area contributed by atoms with Crippen LogP contribution in [0.25, 0.3) is 0 Å². The first-order chi connectivity index (χ1) is 9.52. The number of nitrogens with one attached hydrogen (secondary N) is 2. The first-order valence-corrected chi connectivity index (χ1v) is 6.53. The highest BCUT2D eigenvalue weighted by Crippen LogP contribution is 2.34. The lowest BCUT2D eigenvalue weighted by Gasteiger charge is -2.10. The van der Waals surface area contributed by atoms with Gasteiger partial charge >= 0.3 is 5.69 Å². The van der Waals surface area contributed by atoms with Crippen molar-refractivity contribution in [3.8, 4) is 0 Å². The third-order valence-electron chi connectivity index (χ3n) is 2.42. The van der Waals surface area contributed by atoms with Crippen molar-refractivity contribution in [3.05, 3.63) is 49.9 Å². The number of benzene rings is 1. The van der Waals surface area contributed by atoms with Crippen molar-refractivity contribution in [3.63, 3.8) is 0 Å². The van der Waals surface area contributed by atoms with Crippen molar-refractivity contribution < 1.29 is 4.92 Å². The summed E-state index contributed by atoms with van der Waals surface area (Å²) >= 11 is 9.27. The van der Waals surface area contributed by atoms with Crippen LogP contribution in [-0.4, -0.2) is 9.91 Å². The Balaban J connectivity index is 2.46. The van der Waals surface area contributed by atoms with Crippen LogP contribution in [0.5, 0.6) is 0 Å². The summed E-state index contributed by atoms with van der Waals surface area (Å²) in [4.78, 5) is 14.5. The minimum absolute atomic E-state index is 0.0633. The summed E-state index contributed by atoms with van der Waals surface area (Å²) in [6, 6.07) is 7.84. The van der Waals surface area contributed by atoms with Gasteiger partial charge in [0.2, 0.25) is 5.82 Å². The standard InChI is InChI=1S/C11H9BrClN5O2/c12-10-6(13)2-1-3-7(10)15-11-8(18(19)20)4-5-9(16-11)17-14/h1-5H,14H2,(H2,15,16,17). The van der Waals surface area contributed by atoms with E-state index < -0.39 is 4.92 Å². The molecule has 0 aliphatic rings. The molecule has 0 fully saturated rings. The zero-order chi connectivity index (χ0) is 14.7. The first kappa shape index (κ1) is 14.5. The molecule has 4 N–H and O–H groups in total. The lowest BCUT2D eigenvalue weighted by atomic mass is 10.3. The number of anilines is 3. The summed E-state index contributed by atoms with van der Waals surface area (Å²) in [5.41, 5.74) is 2.72. The lowest BCUT2D eigenvalue weighted by molar-refractivity contribution is -0.384. The number of halogens is 2. The predicted octanol–water partition coefficient (Wildman–Crippen LogP) is 3.43. The average molecular weight is 359 g/mol. The highest BCUT2D eigenvalue weighted by molar-refractivity contribution is 9.10. The SMILES string of the molecule is NNc1ccc([N+](=O)[O-])c(Nc2cccc(Cl)c2Br)n1. The maximum atomic E-state index is 11.0. The summed E-state index contributed by atoms with van der Waals surface area (Å²) in [5.74, 6) is 5.62. The number of hydrazine groups is 1. The van der Waals surface area contributed by atoms with Crippen LogP contribution in [0, 0.1) is 10.1 Å². The van der Waals surface area contributed by atoms with E-state index in [0.29, 0.717) is 21.0 Å². The zero-order valence-electron chi connectivity index (χ0n) is 9.93. The molecule has 2 rings (SSSR count). The number of nitrogens with two attached hydrogens (primary N) is 1. The fraction of sp³-hybridized carbons (Fsp3) is 0. The molecule has 104 valence electrons. The summed E-state index contributed by atoms with van der Waals surface area (Å²) in [6.07, 6.45) is 0. The second kappa shape index (κ2) is 6.04. The molecule has 2 aromatic rings. The molecule has 0 aliphatic heterocycles. The maximum Gasteiger partial charge on any atom is 0.311 e. The van der Waals surface area contributed by atoms with Gasteiger partial charge in [-0.15, -0.1) is 0 Å². The fourth-order valence-electron chi connectivity index (χ4n) is 1.50. The molecule has 0 spiro atoms. The molecule has 0 atom stereocenters. The van der Waals surface area contributed by atoms with Crippen molar-refractivity contribution in [1.82, 2.24) is 4.98 Å². The predicted molar refractivity (Wildman–Crippen MR) is 81.1 cm³/mol. The van der Waals surface area contributed by atoms with E-state index in [0.717, 1.165) is 0 Å². The summed E-state index contributed by atoms with van der Waals surface area (Å²) in [5, 5.41) is 14.3. The monoisotopic (exact) mass is 357 g/mol. The Kier molecular flexibility index (Phi) is 4.38. The summed E-state index contributed by atoms with van der Waals surface area (Å²) in [7, 11) is 0. The zero-order valence-corrected chi connectivity index (χ0v) is 12.3. The number of nitro groups is 1. The molecule has 0 unspecified atom stereocenters. The van der Waals surface area contributed by atoms with Crippen LogP contribution >= 0.6 is 27.5 Å². The first-order valence-electron chi connectivity index (χ1n) is 5.36. The summed E-state index contributed by atoms with van der Waals surface area (Å²) < 4.78 is 0.587. The van der Waals surface area contributed by atoms with Crippen molar-refractivity contribution in [1.29, 1.82) is 0 Å². The average Bonchev–Trinajstić information content (AvgIpc) is 2.43. The van der Waals surface area contributed by atoms with Crippen molar-refractivity contribution >= 4 is 50.5 Å². The molecule has 1 aromatic carbocycles. The molecule has 0 amide bonds. The van der Waals surface area contributed by atoms with Gasteiger partial charge in [0, 0.05) is 6.07 Å². The number of rotatable bonds is 4. The molecule has 0 saturated carbocycles. The normalized spacial score (nSPS) is 10.2. The van der Waals surface area contributed by atoms with Crippen LogP contribution in [0.4, 0.5) is 23.0 Å². The van der Waals surface area contributed by atoms with E-state index in [1.54, 1.807) is 18.2 Å². The topological polar surface area (TPSA) is 106 Å². The maximum absolute atomic E-state index is 11.0. The van der Waals surface area contributed by atoms with E-state index in [-0.39, 0.29) is 11.5 Å². The lowest BCUT2D eigenvalue weighted by Crippen LogP contribution is -2.10. The molecule has 7 nitrogen and oxygen atoms in total. The Hall–Kier alpha value is -1.90. The number of nitrogen functional groups attached to an aromatic ring is 1. The number of nitrogens with zero attached hydrogens (tertiary/aromatic N) is 2. The number of aromatic nitrogens is 1. The van der Waals surface area contributed by atoms with Gasteiger partial charge in [-0.05, 0) is 34.1 Å². The highest BCUT2D eigenvalue weighted by Gasteiger charge is 2.17. The number of hydrogen-bond acceptors (Lipinski definition) is 6. The Morgan fingerprint density at radius 1 is 1.35 bits per heavy atom. The van der Waals surface area contributed by atoms with Gasteiger partial charge in [-0.3, -0.25) is 10.1 Å². The van der Waals surface area contributed by atoms with Gasteiger partial charge < -0.3 is 10.7 Å². The van der Waals surface area contributed by atoms with Gasteiger partial charge in [0.25, 0.3) is 0 Å². The third-order valence-corrected chi connectivity index (χ3v) is 3.82. The van der Waals surface area contributed by atoms with E-state index >= 15 is 0 Å². The van der Waals surface area contributed by atoms with Crippen LogP contribution < -0.4 is 16.6 Å². The van der Waals surface area contributed by atoms with Crippen LogP contribution in [-0.2, 0) is 0 Å². The van der Waals surface area contributed by atoms with Crippen LogP contribution in [0.2, 0.25) is 5.02 Å². The molecule has 1 aromatic heterocycles. The van der Waals surface area contributed by atoms with E-state index in [2.05, 4.69) is 31.7 Å². The van der Waals surface area contributed by atoms with Crippen molar-refractivity contribution in [2.24, 2.45) is 5.84 Å². The Labute approximate surface area is 127 Å². The second-order valence-electron chi connectivity index (χ2n) is 3.69. The van der Waals surface area contributed by atoms with Crippen molar-refractivity contribution in [2.45, 2.75) is 0 Å². The minimum Gasteiger partial charge on any atom is -0.333 e. The van der Waals surface area contributed by atoms with E-state index in [1.807, 2.05) is 0 Å². The van der Waals surface area contributed by atoms with E-state index in [4.69, 9.17) is 17.4 Å². The molecule has 0 bridgehead atoms. The molecule has 0 radical (unpaired) electrons. The largest absolute Gasteiger partial charge is 0.333 e. The van der Waals surface area contributed by atoms with E-state index in [9.17, 15) is 10.1 Å². The summed E-state index contributed by atoms with van der Waals surface area (Å²) in [6.45, 7) is 0. The van der Waals surface area contributed by atoms with Gasteiger partial charge in [-0.25, -0.2) is 10.8 Å². The Morgan fingerprint density at radius 2 is 2.10 bits per heavy atom. The number of pyridine rings is 1. The molecular formula is C11H9BrClN5O2. The van der Waals surface area contributed by atoms with Gasteiger partial charge in [0.1, 0.15) is 5.82 Å². The van der Waals surface area contributed by atoms with Gasteiger partial charge in [-0.2, -0.15) is 0 Å². The molecule has 0 aliphatic carbocycles. The number of hydrogen-bond donors (Lipinski definition) is 3. The quantitative estimate of drug-likeness (QED) is 0.439. The molecule has 20 heavy (non-hydrogen) atoms. The van der Waals surface area contributed by atoms with Crippen LogP contribution in [0.1, 0.15) is 0 Å². The smallest absolute Gasteiger partial charge is 0.311 e. The molecule has 0 saturated heterocycles. The Bertz CT molecular complexity index is 667. The van der Waals surface area contributed by atoms with Crippen LogP contribution in [0.15, 0.2) is 34.8 Å². The molecular weight excluding hydrogens is 350 g/mol. The van der Waals surface area contributed by atoms with E-state index in [1.165, 1.54) is 12.1 Å². The minimum atomic E-state index is -0.534. The van der Waals surface area contributed by atoms with Gasteiger partial charge in [0.05, 0.1) is 20.1 Å². The fourth-order valence-corrected chi connectivity index (χ4v) is 2.04. The van der Waals surface area contributed by atoms with Crippen molar-refractivity contribution in [2.75, 3.05) is 10.7 Å². The molecule has 1 heterocycles. The second-order valence-corrected chi connectivity index (χ2v) is 4.89. The van der Waals surface area contributed by atoms with Crippen LogP contribution in [0.3, 0.4) is 0 Å². The molecule has 9 heteroatoms. The van der Waals surface area contributed by atoms with Gasteiger partial charge in [-0.1, -0.05) is 17.7 Å². The third kappa shape index (κ3) is 2.98. The Morgan fingerprint density at radius 3 is 2.75 bits per heavy atom.